The van der Waals surface area contributed by atoms with Crippen molar-refractivity contribution in [3.05, 3.63) is 35.4 Å². The Morgan fingerprint density at radius 1 is 0.500 bits per heavy atom. The molecule has 0 aliphatic heterocycles. The summed E-state index contributed by atoms with van der Waals surface area (Å²) in [6.45, 7) is 4.59. The van der Waals surface area contributed by atoms with E-state index in [0.29, 0.717) is 12.1 Å². The van der Waals surface area contributed by atoms with Crippen LogP contribution in [0, 0.1) is 0 Å². The summed E-state index contributed by atoms with van der Waals surface area (Å²) in [5.74, 6) is 0. The minimum Gasteiger partial charge on any atom is -0.313 e. The van der Waals surface area contributed by atoms with Gasteiger partial charge in [0, 0.05) is 12.1 Å². The number of hydrogen-bond donors (Lipinski definition) is 2. The van der Waals surface area contributed by atoms with Crippen LogP contribution in [0.15, 0.2) is 24.3 Å². The van der Waals surface area contributed by atoms with E-state index in [1.54, 1.807) is 0 Å². The number of unbranched alkanes of at least 4 members (excludes halogenated alkanes) is 16. The Morgan fingerprint density at radius 2 is 0.824 bits per heavy atom. The van der Waals surface area contributed by atoms with Crippen molar-refractivity contribution in [1.29, 1.82) is 0 Å². The highest BCUT2D eigenvalue weighted by Gasteiger charge is 2.13. The van der Waals surface area contributed by atoms with Crippen LogP contribution in [0.3, 0.4) is 0 Å². The number of hydrogen-bond acceptors (Lipinski definition) is 2. The molecule has 0 saturated heterocycles. The molecule has 198 valence electrons. The van der Waals surface area contributed by atoms with Crippen LogP contribution < -0.4 is 10.6 Å². The molecule has 2 heteroatoms. The van der Waals surface area contributed by atoms with Gasteiger partial charge in [0.25, 0.3) is 0 Å². The van der Waals surface area contributed by atoms with E-state index < -0.39 is 0 Å². The van der Waals surface area contributed by atoms with Crippen LogP contribution in [0.2, 0.25) is 0 Å². The molecule has 0 heterocycles. The second-order valence-corrected chi connectivity index (χ2v) is 10.6. The predicted octanol–water partition coefficient (Wildman–Crippen LogP) is 10.0. The molecule has 2 nitrogen and oxygen atoms in total. The number of benzene rings is 1. The Hall–Kier alpha value is -0.860. The van der Waals surface area contributed by atoms with Crippen LogP contribution in [0.4, 0.5) is 0 Å². The van der Waals surface area contributed by atoms with Gasteiger partial charge in [0.2, 0.25) is 0 Å². The topological polar surface area (TPSA) is 24.1 Å². The lowest BCUT2D eigenvalue weighted by Crippen LogP contribution is -2.19. The summed E-state index contributed by atoms with van der Waals surface area (Å²) in [6.07, 6.45) is 27.7. The maximum Gasteiger partial charge on any atom is 0.0317 e. The van der Waals surface area contributed by atoms with Crippen molar-refractivity contribution in [2.45, 2.75) is 154 Å². The largest absolute Gasteiger partial charge is 0.313 e. The van der Waals surface area contributed by atoms with Crippen molar-refractivity contribution in [2.75, 3.05) is 14.1 Å². The van der Waals surface area contributed by atoms with E-state index in [2.05, 4.69) is 62.8 Å². The van der Waals surface area contributed by atoms with E-state index in [9.17, 15) is 0 Å². The number of nitrogens with one attached hydrogen (secondary N) is 2. The first-order chi connectivity index (χ1) is 16.8. The second kappa shape index (κ2) is 22.6. The molecule has 0 amide bonds. The van der Waals surface area contributed by atoms with E-state index in [1.807, 2.05) is 0 Å². The quantitative estimate of drug-likeness (QED) is 0.146. The smallest absolute Gasteiger partial charge is 0.0317 e. The minimum absolute atomic E-state index is 0.481. The molecule has 2 N–H and O–H groups in total. The third-order valence-electron chi connectivity index (χ3n) is 7.61. The Morgan fingerprint density at radius 3 is 1.15 bits per heavy atom. The lowest BCUT2D eigenvalue weighted by Gasteiger charge is -2.21. The van der Waals surface area contributed by atoms with Gasteiger partial charge in [-0.2, -0.15) is 0 Å². The fourth-order valence-corrected chi connectivity index (χ4v) is 5.27. The average Bonchev–Trinajstić information content (AvgIpc) is 2.86. The molecule has 0 aromatic heterocycles. The van der Waals surface area contributed by atoms with Gasteiger partial charge in [-0.25, -0.2) is 0 Å². The Labute approximate surface area is 214 Å². The van der Waals surface area contributed by atoms with E-state index in [4.69, 9.17) is 0 Å². The molecule has 1 rings (SSSR count). The molecule has 1 aromatic rings. The first-order valence-corrected chi connectivity index (χ1v) is 15.2. The predicted molar refractivity (Wildman–Crippen MR) is 154 cm³/mol. The van der Waals surface area contributed by atoms with Crippen molar-refractivity contribution in [1.82, 2.24) is 10.6 Å². The molecule has 0 radical (unpaired) electrons. The average molecular weight is 473 g/mol. The van der Waals surface area contributed by atoms with Crippen LogP contribution >= 0.6 is 0 Å². The van der Waals surface area contributed by atoms with Crippen LogP contribution in [0.5, 0.6) is 0 Å². The second-order valence-electron chi connectivity index (χ2n) is 10.6. The van der Waals surface area contributed by atoms with Gasteiger partial charge in [-0.15, -0.1) is 0 Å². The van der Waals surface area contributed by atoms with Crippen molar-refractivity contribution in [3.63, 3.8) is 0 Å². The summed E-state index contributed by atoms with van der Waals surface area (Å²) in [4.78, 5) is 0. The van der Waals surface area contributed by atoms with E-state index in [-0.39, 0.29) is 0 Å². The van der Waals surface area contributed by atoms with Crippen LogP contribution in [0.25, 0.3) is 0 Å². The first-order valence-electron chi connectivity index (χ1n) is 15.2. The summed E-state index contributed by atoms with van der Waals surface area (Å²) in [5.41, 5.74) is 2.93. The standard InChI is InChI=1S/C32H60N2/c1-5-7-9-11-13-15-17-19-21-26-31(33-3)29-24-23-25-30(28-29)32(34-4)27-22-20-18-16-14-12-10-8-6-2/h23-25,28,31-34H,5-22,26-27H2,1-4H3. The van der Waals surface area contributed by atoms with Crippen LogP contribution in [0.1, 0.15) is 165 Å². The van der Waals surface area contributed by atoms with Crippen molar-refractivity contribution < 1.29 is 0 Å². The Bertz CT molecular complexity index is 510. The van der Waals surface area contributed by atoms with Gasteiger partial charge in [-0.1, -0.05) is 154 Å². The highest BCUT2D eigenvalue weighted by molar-refractivity contribution is 5.28. The molecular weight excluding hydrogens is 412 g/mol. The van der Waals surface area contributed by atoms with Crippen molar-refractivity contribution in [3.8, 4) is 0 Å². The molecule has 2 atom stereocenters. The highest BCUT2D eigenvalue weighted by Crippen LogP contribution is 2.26. The lowest BCUT2D eigenvalue weighted by atomic mass is 9.94. The van der Waals surface area contributed by atoms with Gasteiger partial charge >= 0.3 is 0 Å². The zero-order valence-corrected chi connectivity index (χ0v) is 23.6. The monoisotopic (exact) mass is 472 g/mol. The zero-order valence-electron chi connectivity index (χ0n) is 23.6. The van der Waals surface area contributed by atoms with Gasteiger partial charge < -0.3 is 10.6 Å². The SMILES string of the molecule is CCCCCCCCCCCC(NC)c1cccc(C(CCCCCCCCCCC)NC)c1. The maximum absolute atomic E-state index is 3.59. The molecule has 0 aliphatic carbocycles. The van der Waals surface area contributed by atoms with Crippen LogP contribution in [-0.4, -0.2) is 14.1 Å². The van der Waals surface area contributed by atoms with E-state index in [0.717, 1.165) is 0 Å². The summed E-state index contributed by atoms with van der Waals surface area (Å²) in [5, 5.41) is 7.18. The third-order valence-corrected chi connectivity index (χ3v) is 7.61. The maximum atomic E-state index is 3.59. The van der Waals surface area contributed by atoms with Crippen molar-refractivity contribution in [2.24, 2.45) is 0 Å². The van der Waals surface area contributed by atoms with Gasteiger partial charge in [-0.05, 0) is 38.1 Å². The summed E-state index contributed by atoms with van der Waals surface area (Å²) in [6, 6.07) is 10.3. The summed E-state index contributed by atoms with van der Waals surface area (Å²) in [7, 11) is 4.26. The summed E-state index contributed by atoms with van der Waals surface area (Å²) >= 11 is 0. The lowest BCUT2D eigenvalue weighted by molar-refractivity contribution is 0.485. The van der Waals surface area contributed by atoms with Crippen LogP contribution in [-0.2, 0) is 0 Å². The minimum atomic E-state index is 0.481. The molecule has 0 aliphatic rings. The number of rotatable bonds is 24. The zero-order chi connectivity index (χ0) is 24.7. The van der Waals surface area contributed by atoms with Gasteiger partial charge in [0.05, 0.1) is 0 Å². The van der Waals surface area contributed by atoms with Gasteiger partial charge in [-0.3, -0.25) is 0 Å². The fourth-order valence-electron chi connectivity index (χ4n) is 5.27. The molecule has 34 heavy (non-hydrogen) atoms. The Kier molecular flexibility index (Phi) is 20.7. The molecule has 2 unspecified atom stereocenters. The molecule has 0 saturated carbocycles. The Balaban J connectivity index is 2.32. The van der Waals surface area contributed by atoms with Gasteiger partial charge in [0.1, 0.15) is 0 Å². The molecule has 0 spiro atoms. The summed E-state index contributed by atoms with van der Waals surface area (Å²) < 4.78 is 0. The van der Waals surface area contributed by atoms with Gasteiger partial charge in [0.15, 0.2) is 0 Å². The molecule has 0 bridgehead atoms. The van der Waals surface area contributed by atoms with E-state index in [1.165, 1.54) is 140 Å². The molecule has 0 fully saturated rings. The normalized spacial score (nSPS) is 13.3. The third kappa shape index (κ3) is 15.2. The fraction of sp³-hybridized carbons (Fsp3) is 0.812. The van der Waals surface area contributed by atoms with E-state index >= 15 is 0 Å². The highest BCUT2D eigenvalue weighted by atomic mass is 14.9. The van der Waals surface area contributed by atoms with Crippen molar-refractivity contribution >= 4 is 0 Å². The first kappa shape index (κ1) is 31.2. The molecule has 1 aromatic carbocycles. The molecular formula is C32H60N2.